The van der Waals surface area contributed by atoms with Crippen molar-refractivity contribution < 1.29 is 14.7 Å². The Kier molecular flexibility index (Phi) is 3.82. The highest BCUT2D eigenvalue weighted by Gasteiger charge is 2.39. The zero-order chi connectivity index (χ0) is 13.3. The van der Waals surface area contributed by atoms with Crippen LogP contribution in [0.3, 0.4) is 0 Å². The third-order valence-corrected chi connectivity index (χ3v) is 3.67. The van der Waals surface area contributed by atoms with Crippen molar-refractivity contribution in [2.24, 2.45) is 0 Å². The number of carbonyl (C=O) groups excluding carboxylic acids is 2. The van der Waals surface area contributed by atoms with Gasteiger partial charge in [-0.15, -0.1) is 0 Å². The molecule has 0 fully saturated rings. The second kappa shape index (κ2) is 5.20. The molecule has 2 rings (SSSR count). The van der Waals surface area contributed by atoms with Gasteiger partial charge in [0.2, 0.25) is 0 Å². The first-order valence-electron chi connectivity index (χ1n) is 5.88. The van der Waals surface area contributed by atoms with Gasteiger partial charge in [-0.25, -0.2) is 0 Å². The molecule has 1 aromatic carbocycles. The first-order chi connectivity index (χ1) is 8.60. The van der Waals surface area contributed by atoms with Crippen LogP contribution in [0.1, 0.15) is 40.5 Å². The molecule has 1 atom stereocenters. The monoisotopic (exact) mass is 311 g/mol. The molecular weight excluding hydrogens is 298 g/mol. The predicted octanol–water partition coefficient (Wildman–Crippen LogP) is 2.21. The topological polar surface area (TPSA) is 57.6 Å². The molecule has 1 N–H and O–H groups in total. The van der Waals surface area contributed by atoms with Gasteiger partial charge in [0.05, 0.1) is 11.1 Å². The van der Waals surface area contributed by atoms with Crippen molar-refractivity contribution in [2.45, 2.75) is 25.8 Å². The fourth-order valence-electron chi connectivity index (χ4n) is 2.23. The van der Waals surface area contributed by atoms with Crippen LogP contribution < -0.4 is 0 Å². The molecule has 1 heterocycles. The normalized spacial score (nSPS) is 16.1. The lowest BCUT2D eigenvalue weighted by Crippen LogP contribution is -2.40. The van der Waals surface area contributed by atoms with E-state index in [2.05, 4.69) is 15.9 Å². The number of rotatable bonds is 4. The Balaban J connectivity index is 2.38. The van der Waals surface area contributed by atoms with Gasteiger partial charge in [-0.1, -0.05) is 22.9 Å². The largest absolute Gasteiger partial charge is 0.396 e. The number of amides is 2. The van der Waals surface area contributed by atoms with Gasteiger partial charge >= 0.3 is 0 Å². The second-order valence-electron chi connectivity index (χ2n) is 4.24. The van der Waals surface area contributed by atoms with Crippen molar-refractivity contribution in [3.63, 3.8) is 0 Å². The van der Waals surface area contributed by atoms with Crippen LogP contribution in [-0.2, 0) is 0 Å². The zero-order valence-corrected chi connectivity index (χ0v) is 11.6. The summed E-state index contributed by atoms with van der Waals surface area (Å²) in [5.74, 6) is -0.528. The van der Waals surface area contributed by atoms with Crippen molar-refractivity contribution in [1.29, 1.82) is 0 Å². The van der Waals surface area contributed by atoms with Crippen LogP contribution in [0.2, 0.25) is 0 Å². The standard InChI is InChI=1S/C13H14BrNO3/c1-2-9(5-6-16)15-12(17)10-4-3-8(14)7-11(10)13(15)18/h3-4,7,9,16H,2,5-6H2,1H3. The molecule has 0 spiro atoms. The fraction of sp³-hybridized carbons (Fsp3) is 0.385. The highest BCUT2D eigenvalue weighted by molar-refractivity contribution is 9.10. The number of aliphatic hydroxyl groups is 1. The van der Waals surface area contributed by atoms with Gasteiger partial charge in [0.1, 0.15) is 0 Å². The Labute approximate surface area is 114 Å². The molecule has 0 aromatic heterocycles. The number of hydrogen-bond acceptors (Lipinski definition) is 3. The number of carbonyl (C=O) groups is 2. The average molecular weight is 312 g/mol. The number of aliphatic hydroxyl groups excluding tert-OH is 1. The molecule has 1 unspecified atom stereocenters. The van der Waals surface area contributed by atoms with Crippen molar-refractivity contribution >= 4 is 27.7 Å². The molecule has 0 radical (unpaired) electrons. The van der Waals surface area contributed by atoms with E-state index in [4.69, 9.17) is 5.11 Å². The van der Waals surface area contributed by atoms with Gasteiger partial charge in [-0.3, -0.25) is 14.5 Å². The van der Waals surface area contributed by atoms with Crippen molar-refractivity contribution in [2.75, 3.05) is 6.61 Å². The van der Waals surface area contributed by atoms with Gasteiger partial charge < -0.3 is 5.11 Å². The van der Waals surface area contributed by atoms with E-state index in [1.807, 2.05) is 6.92 Å². The van der Waals surface area contributed by atoms with E-state index >= 15 is 0 Å². The van der Waals surface area contributed by atoms with Gasteiger partial charge in [0.15, 0.2) is 0 Å². The molecule has 5 heteroatoms. The van der Waals surface area contributed by atoms with Gasteiger partial charge in [-0.05, 0) is 31.0 Å². The Morgan fingerprint density at radius 2 is 1.94 bits per heavy atom. The van der Waals surface area contributed by atoms with E-state index in [9.17, 15) is 9.59 Å². The summed E-state index contributed by atoms with van der Waals surface area (Å²) in [6, 6.07) is 4.84. The maximum absolute atomic E-state index is 12.2. The Morgan fingerprint density at radius 1 is 1.28 bits per heavy atom. The summed E-state index contributed by atoms with van der Waals surface area (Å²) in [4.78, 5) is 25.7. The van der Waals surface area contributed by atoms with Crippen molar-refractivity contribution in [1.82, 2.24) is 4.90 Å². The Morgan fingerprint density at radius 3 is 2.56 bits per heavy atom. The van der Waals surface area contributed by atoms with Crippen LogP contribution in [0.5, 0.6) is 0 Å². The molecule has 0 saturated heterocycles. The molecule has 1 aliphatic heterocycles. The quantitative estimate of drug-likeness (QED) is 0.867. The number of benzene rings is 1. The highest BCUT2D eigenvalue weighted by Crippen LogP contribution is 2.28. The lowest BCUT2D eigenvalue weighted by molar-refractivity contribution is 0.0556. The predicted molar refractivity (Wildman–Crippen MR) is 70.4 cm³/mol. The van der Waals surface area contributed by atoms with Crippen LogP contribution in [-0.4, -0.2) is 34.5 Å². The summed E-state index contributed by atoms with van der Waals surface area (Å²) >= 11 is 3.30. The van der Waals surface area contributed by atoms with Gasteiger partial charge in [-0.2, -0.15) is 0 Å². The SMILES string of the molecule is CCC(CCO)N1C(=O)c2ccc(Br)cc2C1=O. The maximum atomic E-state index is 12.2. The maximum Gasteiger partial charge on any atom is 0.261 e. The first kappa shape index (κ1) is 13.2. The zero-order valence-electron chi connectivity index (χ0n) is 10.0. The summed E-state index contributed by atoms with van der Waals surface area (Å²) < 4.78 is 0.777. The van der Waals surface area contributed by atoms with Crippen molar-refractivity contribution in [3.05, 3.63) is 33.8 Å². The van der Waals surface area contributed by atoms with Crippen molar-refractivity contribution in [3.8, 4) is 0 Å². The third kappa shape index (κ3) is 2.08. The Hall–Kier alpha value is -1.20. The van der Waals surface area contributed by atoms with Crippen LogP contribution in [0.15, 0.2) is 22.7 Å². The van der Waals surface area contributed by atoms with Crippen LogP contribution in [0.4, 0.5) is 0 Å². The van der Waals surface area contributed by atoms with Crippen LogP contribution in [0, 0.1) is 0 Å². The number of nitrogens with zero attached hydrogens (tertiary/aromatic N) is 1. The molecule has 0 bridgehead atoms. The minimum absolute atomic E-state index is 0.0321. The van der Waals surface area contributed by atoms with Crippen LogP contribution in [0.25, 0.3) is 0 Å². The molecule has 4 nitrogen and oxygen atoms in total. The minimum Gasteiger partial charge on any atom is -0.396 e. The van der Waals surface area contributed by atoms with Crippen LogP contribution >= 0.6 is 15.9 Å². The summed E-state index contributed by atoms with van der Waals surface area (Å²) in [5.41, 5.74) is 0.880. The highest BCUT2D eigenvalue weighted by atomic mass is 79.9. The van der Waals surface area contributed by atoms with E-state index < -0.39 is 0 Å². The number of halogens is 1. The fourth-order valence-corrected chi connectivity index (χ4v) is 2.59. The summed E-state index contributed by atoms with van der Waals surface area (Å²) in [7, 11) is 0. The Bertz CT molecular complexity index is 501. The van der Waals surface area contributed by atoms with Gasteiger partial charge in [0, 0.05) is 17.1 Å². The molecule has 96 valence electrons. The molecule has 18 heavy (non-hydrogen) atoms. The van der Waals surface area contributed by atoms with E-state index in [-0.39, 0.29) is 24.5 Å². The lowest BCUT2D eigenvalue weighted by atomic mass is 10.1. The third-order valence-electron chi connectivity index (χ3n) is 3.18. The van der Waals surface area contributed by atoms with E-state index in [0.29, 0.717) is 24.0 Å². The molecule has 0 saturated carbocycles. The van der Waals surface area contributed by atoms with Gasteiger partial charge in [0.25, 0.3) is 11.8 Å². The molecular formula is C13H14BrNO3. The summed E-state index contributed by atoms with van der Waals surface area (Å²) in [6.07, 6.45) is 1.07. The summed E-state index contributed by atoms with van der Waals surface area (Å²) in [5, 5.41) is 9.00. The molecule has 1 aromatic rings. The minimum atomic E-state index is -0.267. The van der Waals surface area contributed by atoms with E-state index in [0.717, 1.165) is 4.47 Å². The summed E-state index contributed by atoms with van der Waals surface area (Å²) in [6.45, 7) is 1.87. The molecule has 0 aliphatic carbocycles. The lowest BCUT2D eigenvalue weighted by Gasteiger charge is -2.24. The van der Waals surface area contributed by atoms with E-state index in [1.54, 1.807) is 18.2 Å². The molecule has 2 amide bonds. The average Bonchev–Trinajstić information content (AvgIpc) is 2.59. The smallest absolute Gasteiger partial charge is 0.261 e. The number of hydrogen-bond donors (Lipinski definition) is 1. The molecule has 1 aliphatic rings. The number of imide groups is 1. The first-order valence-corrected chi connectivity index (χ1v) is 6.67. The van der Waals surface area contributed by atoms with E-state index in [1.165, 1.54) is 4.90 Å². The number of fused-ring (bicyclic) bond motifs is 1. The second-order valence-corrected chi connectivity index (χ2v) is 5.16.